The van der Waals surface area contributed by atoms with Crippen LogP contribution < -0.4 is 0 Å². The Labute approximate surface area is 151 Å². The molecule has 1 aromatic carbocycles. The van der Waals surface area contributed by atoms with Crippen molar-refractivity contribution in [1.29, 1.82) is 0 Å². The van der Waals surface area contributed by atoms with E-state index in [2.05, 4.69) is 15.0 Å². The lowest BCUT2D eigenvalue weighted by Gasteiger charge is -2.35. The summed E-state index contributed by atoms with van der Waals surface area (Å²) in [7, 11) is 0. The molecule has 5 rings (SSSR count). The summed E-state index contributed by atoms with van der Waals surface area (Å²) in [6, 6.07) is 10.2. The van der Waals surface area contributed by atoms with Crippen molar-refractivity contribution < 1.29 is 4.79 Å². The molecule has 2 aliphatic heterocycles. The van der Waals surface area contributed by atoms with Crippen LogP contribution in [0.1, 0.15) is 40.6 Å². The molecule has 6 heteroatoms. The average molecular weight is 343 g/mol. The highest BCUT2D eigenvalue weighted by Crippen LogP contribution is 2.43. The first-order valence-electron chi connectivity index (χ1n) is 8.81. The van der Waals surface area contributed by atoms with Crippen LogP contribution in [-0.2, 0) is 6.42 Å². The van der Waals surface area contributed by atoms with Crippen molar-refractivity contribution in [3.05, 3.63) is 72.1 Å². The van der Waals surface area contributed by atoms with E-state index in [9.17, 15) is 4.79 Å². The highest BCUT2D eigenvalue weighted by atomic mass is 16.2. The van der Waals surface area contributed by atoms with Gasteiger partial charge in [0.2, 0.25) is 0 Å². The minimum Gasteiger partial charge on any atom is -0.327 e. The van der Waals surface area contributed by atoms with E-state index < -0.39 is 0 Å². The summed E-state index contributed by atoms with van der Waals surface area (Å²) in [5.74, 6) is 0.695. The molecule has 0 N–H and O–H groups in total. The quantitative estimate of drug-likeness (QED) is 0.715. The number of hydrogen-bond donors (Lipinski definition) is 0. The van der Waals surface area contributed by atoms with Crippen molar-refractivity contribution in [3.63, 3.8) is 0 Å². The summed E-state index contributed by atoms with van der Waals surface area (Å²) >= 11 is 0. The summed E-state index contributed by atoms with van der Waals surface area (Å²) in [4.78, 5) is 32.5. The molecule has 26 heavy (non-hydrogen) atoms. The van der Waals surface area contributed by atoms with Crippen molar-refractivity contribution >= 4 is 5.91 Å². The molecule has 1 amide bonds. The van der Waals surface area contributed by atoms with E-state index in [1.807, 2.05) is 41.4 Å². The van der Waals surface area contributed by atoms with Crippen molar-refractivity contribution in [1.82, 2.24) is 24.8 Å². The van der Waals surface area contributed by atoms with Gasteiger partial charge in [-0.2, -0.15) is 0 Å². The lowest BCUT2D eigenvalue weighted by molar-refractivity contribution is 0.0637. The Morgan fingerprint density at radius 2 is 1.92 bits per heavy atom. The lowest BCUT2D eigenvalue weighted by Crippen LogP contribution is -2.42. The monoisotopic (exact) mass is 343 g/mol. The molecule has 0 radical (unpaired) electrons. The van der Waals surface area contributed by atoms with Crippen LogP contribution in [0.5, 0.6) is 0 Å². The van der Waals surface area contributed by atoms with Crippen LogP contribution in [0.3, 0.4) is 0 Å². The second kappa shape index (κ2) is 5.98. The van der Waals surface area contributed by atoms with Gasteiger partial charge in [-0.3, -0.25) is 9.78 Å². The first-order chi connectivity index (χ1) is 12.8. The van der Waals surface area contributed by atoms with Gasteiger partial charge in [0.15, 0.2) is 5.82 Å². The molecule has 1 fully saturated rings. The van der Waals surface area contributed by atoms with Gasteiger partial charge < -0.3 is 4.90 Å². The van der Waals surface area contributed by atoms with E-state index >= 15 is 0 Å². The van der Waals surface area contributed by atoms with Crippen molar-refractivity contribution in [2.24, 2.45) is 0 Å². The summed E-state index contributed by atoms with van der Waals surface area (Å²) in [5, 5.41) is 0. The lowest BCUT2D eigenvalue weighted by atomic mass is 9.98. The topological polar surface area (TPSA) is 71.9 Å². The zero-order valence-corrected chi connectivity index (χ0v) is 14.1. The van der Waals surface area contributed by atoms with Gasteiger partial charge in [-0.25, -0.2) is 15.0 Å². The SMILES string of the molecule is O=C(c1cnccn1)N1C2CCC1c1cnc(-c3ccccc3)nc1C2. The number of hydrogen-bond acceptors (Lipinski definition) is 5. The fourth-order valence-electron chi connectivity index (χ4n) is 4.06. The van der Waals surface area contributed by atoms with Crippen molar-refractivity contribution in [2.45, 2.75) is 31.3 Å². The molecule has 2 aliphatic rings. The van der Waals surface area contributed by atoms with Gasteiger partial charge in [0.05, 0.1) is 17.9 Å². The van der Waals surface area contributed by atoms with Gasteiger partial charge in [0.1, 0.15) is 5.69 Å². The van der Waals surface area contributed by atoms with E-state index in [4.69, 9.17) is 4.98 Å². The maximum atomic E-state index is 12.9. The highest BCUT2D eigenvalue weighted by molar-refractivity contribution is 5.93. The molecule has 2 atom stereocenters. The van der Waals surface area contributed by atoms with Crippen LogP contribution in [-0.4, -0.2) is 36.8 Å². The van der Waals surface area contributed by atoms with Crippen molar-refractivity contribution in [2.75, 3.05) is 0 Å². The Morgan fingerprint density at radius 1 is 1.04 bits per heavy atom. The normalized spacial score (nSPS) is 20.7. The number of carbonyl (C=O) groups is 1. The Hall–Kier alpha value is -3.15. The fraction of sp³-hybridized carbons (Fsp3) is 0.250. The van der Waals surface area contributed by atoms with Crippen LogP contribution in [0.2, 0.25) is 0 Å². The molecule has 3 aromatic rings. The van der Waals surface area contributed by atoms with Gasteiger partial charge in [0, 0.05) is 42.2 Å². The third-order valence-corrected chi connectivity index (χ3v) is 5.24. The molecule has 0 saturated carbocycles. The van der Waals surface area contributed by atoms with Crippen LogP contribution in [0.4, 0.5) is 0 Å². The molecular weight excluding hydrogens is 326 g/mol. The predicted octanol–water partition coefficient (Wildman–Crippen LogP) is 2.84. The van der Waals surface area contributed by atoms with Gasteiger partial charge >= 0.3 is 0 Å². The van der Waals surface area contributed by atoms with Gasteiger partial charge in [-0.1, -0.05) is 30.3 Å². The third kappa shape index (κ3) is 2.37. The second-order valence-corrected chi connectivity index (χ2v) is 6.72. The van der Waals surface area contributed by atoms with E-state index in [-0.39, 0.29) is 18.0 Å². The number of rotatable bonds is 2. The average Bonchev–Trinajstić information content (AvgIpc) is 3.03. The molecule has 2 aromatic heterocycles. The minimum absolute atomic E-state index is 0.0306. The Balaban J connectivity index is 1.50. The number of fused-ring (bicyclic) bond motifs is 4. The zero-order chi connectivity index (χ0) is 17.5. The maximum Gasteiger partial charge on any atom is 0.274 e. The van der Waals surface area contributed by atoms with Crippen LogP contribution in [0.25, 0.3) is 11.4 Å². The predicted molar refractivity (Wildman–Crippen MR) is 95.1 cm³/mol. The van der Waals surface area contributed by atoms with Gasteiger partial charge in [-0.15, -0.1) is 0 Å². The van der Waals surface area contributed by atoms with E-state index in [1.54, 1.807) is 12.4 Å². The van der Waals surface area contributed by atoms with E-state index in [0.717, 1.165) is 41.9 Å². The zero-order valence-electron chi connectivity index (χ0n) is 14.1. The molecule has 4 heterocycles. The summed E-state index contributed by atoms with van der Waals surface area (Å²) in [6.07, 6.45) is 9.25. The minimum atomic E-state index is -0.0524. The van der Waals surface area contributed by atoms with Gasteiger partial charge in [0.25, 0.3) is 5.91 Å². The third-order valence-electron chi connectivity index (χ3n) is 5.24. The maximum absolute atomic E-state index is 12.9. The molecular formula is C20H17N5O. The molecule has 6 nitrogen and oxygen atoms in total. The van der Waals surface area contributed by atoms with E-state index in [1.165, 1.54) is 6.20 Å². The molecule has 2 bridgehead atoms. The van der Waals surface area contributed by atoms with Crippen LogP contribution in [0, 0.1) is 0 Å². The fourth-order valence-corrected chi connectivity index (χ4v) is 4.06. The Kier molecular flexibility index (Phi) is 3.48. The largest absolute Gasteiger partial charge is 0.327 e. The van der Waals surface area contributed by atoms with Crippen LogP contribution >= 0.6 is 0 Å². The number of aromatic nitrogens is 4. The highest BCUT2D eigenvalue weighted by Gasteiger charge is 2.44. The number of benzene rings is 1. The first kappa shape index (κ1) is 15.1. The number of carbonyl (C=O) groups excluding carboxylic acids is 1. The molecule has 0 spiro atoms. The van der Waals surface area contributed by atoms with E-state index in [0.29, 0.717) is 5.69 Å². The number of amides is 1. The number of nitrogens with zero attached hydrogens (tertiary/aromatic N) is 5. The first-order valence-corrected chi connectivity index (χ1v) is 8.81. The molecule has 0 aliphatic carbocycles. The molecule has 1 saturated heterocycles. The summed E-state index contributed by atoms with van der Waals surface area (Å²) in [6.45, 7) is 0. The summed E-state index contributed by atoms with van der Waals surface area (Å²) in [5.41, 5.74) is 3.54. The standard InChI is InChI=1S/C20H17N5O/c26-20(17-12-21-8-9-22-17)25-14-6-7-18(25)15-11-23-19(24-16(15)10-14)13-4-2-1-3-5-13/h1-5,8-9,11-12,14,18H,6-7,10H2. The smallest absolute Gasteiger partial charge is 0.274 e. The summed E-state index contributed by atoms with van der Waals surface area (Å²) < 4.78 is 0. The van der Waals surface area contributed by atoms with Crippen molar-refractivity contribution in [3.8, 4) is 11.4 Å². The Bertz CT molecular complexity index is 960. The second-order valence-electron chi connectivity index (χ2n) is 6.72. The molecule has 128 valence electrons. The molecule has 2 unspecified atom stereocenters. The van der Waals surface area contributed by atoms with Crippen LogP contribution in [0.15, 0.2) is 55.1 Å². The Morgan fingerprint density at radius 3 is 2.73 bits per heavy atom. The van der Waals surface area contributed by atoms with Gasteiger partial charge in [-0.05, 0) is 12.8 Å².